The SMILES string of the molecule is Cc1cc(C)cc(C(=O)N2CC(C)CC(N)C2)c1. The molecule has 1 aromatic rings. The van der Waals surface area contributed by atoms with E-state index in [9.17, 15) is 4.79 Å². The molecule has 1 aliphatic rings. The molecule has 1 aliphatic heterocycles. The van der Waals surface area contributed by atoms with Gasteiger partial charge in [0.15, 0.2) is 0 Å². The van der Waals surface area contributed by atoms with Crippen LogP contribution in [-0.4, -0.2) is 29.9 Å². The second-order valence-corrected chi connectivity index (χ2v) is 5.69. The molecule has 1 saturated heterocycles. The molecule has 3 nitrogen and oxygen atoms in total. The first kappa shape index (κ1) is 13.1. The van der Waals surface area contributed by atoms with E-state index in [0.717, 1.165) is 29.7 Å². The molecule has 2 rings (SSSR count). The summed E-state index contributed by atoms with van der Waals surface area (Å²) in [6.07, 6.45) is 1.01. The summed E-state index contributed by atoms with van der Waals surface area (Å²) >= 11 is 0. The molecule has 1 heterocycles. The van der Waals surface area contributed by atoms with Crippen LogP contribution in [0.25, 0.3) is 0 Å². The van der Waals surface area contributed by atoms with Crippen molar-refractivity contribution in [3.63, 3.8) is 0 Å². The number of hydrogen-bond acceptors (Lipinski definition) is 2. The lowest BCUT2D eigenvalue weighted by Crippen LogP contribution is -2.48. The van der Waals surface area contributed by atoms with E-state index in [0.29, 0.717) is 12.5 Å². The highest BCUT2D eigenvalue weighted by atomic mass is 16.2. The second kappa shape index (κ2) is 5.11. The normalized spacial score (nSPS) is 24.1. The van der Waals surface area contributed by atoms with Gasteiger partial charge >= 0.3 is 0 Å². The van der Waals surface area contributed by atoms with Crippen LogP contribution in [-0.2, 0) is 0 Å². The Bertz CT molecular complexity index is 426. The number of carbonyl (C=O) groups is 1. The van der Waals surface area contributed by atoms with Crippen LogP contribution < -0.4 is 5.73 Å². The monoisotopic (exact) mass is 246 g/mol. The van der Waals surface area contributed by atoms with Crippen molar-refractivity contribution in [1.82, 2.24) is 4.90 Å². The molecular weight excluding hydrogens is 224 g/mol. The molecule has 3 heteroatoms. The molecule has 2 unspecified atom stereocenters. The molecule has 0 bridgehead atoms. The third kappa shape index (κ3) is 2.91. The Kier molecular flexibility index (Phi) is 3.71. The number of rotatable bonds is 1. The Morgan fingerprint density at radius 3 is 2.39 bits per heavy atom. The highest BCUT2D eigenvalue weighted by molar-refractivity contribution is 5.94. The van der Waals surface area contributed by atoms with Crippen molar-refractivity contribution >= 4 is 5.91 Å². The Morgan fingerprint density at radius 1 is 1.22 bits per heavy atom. The average molecular weight is 246 g/mol. The summed E-state index contributed by atoms with van der Waals surface area (Å²) in [6.45, 7) is 7.69. The van der Waals surface area contributed by atoms with Gasteiger partial charge in [-0.2, -0.15) is 0 Å². The maximum Gasteiger partial charge on any atom is 0.253 e. The molecule has 0 saturated carbocycles. The molecule has 2 atom stereocenters. The van der Waals surface area contributed by atoms with Crippen molar-refractivity contribution in [2.24, 2.45) is 11.7 Å². The third-order valence-electron chi connectivity index (χ3n) is 3.45. The van der Waals surface area contributed by atoms with Gasteiger partial charge in [0.05, 0.1) is 0 Å². The first-order valence-electron chi connectivity index (χ1n) is 6.59. The number of piperidine rings is 1. The van der Waals surface area contributed by atoms with E-state index in [4.69, 9.17) is 5.73 Å². The Balaban J connectivity index is 2.20. The van der Waals surface area contributed by atoms with Gasteiger partial charge in [-0.25, -0.2) is 0 Å². The predicted molar refractivity (Wildman–Crippen MR) is 73.6 cm³/mol. The van der Waals surface area contributed by atoms with Gasteiger partial charge in [-0.15, -0.1) is 0 Å². The molecule has 2 N–H and O–H groups in total. The Hall–Kier alpha value is -1.35. The van der Waals surface area contributed by atoms with Gasteiger partial charge in [0.25, 0.3) is 5.91 Å². The van der Waals surface area contributed by atoms with E-state index in [1.807, 2.05) is 30.9 Å². The van der Waals surface area contributed by atoms with Crippen LogP contribution >= 0.6 is 0 Å². The van der Waals surface area contributed by atoms with E-state index in [2.05, 4.69) is 13.0 Å². The molecule has 0 aliphatic carbocycles. The highest BCUT2D eigenvalue weighted by Gasteiger charge is 2.26. The number of nitrogens with two attached hydrogens (primary N) is 1. The number of benzene rings is 1. The van der Waals surface area contributed by atoms with Crippen molar-refractivity contribution in [2.45, 2.75) is 33.2 Å². The summed E-state index contributed by atoms with van der Waals surface area (Å²) < 4.78 is 0. The zero-order valence-corrected chi connectivity index (χ0v) is 11.4. The quantitative estimate of drug-likeness (QED) is 0.825. The highest BCUT2D eigenvalue weighted by Crippen LogP contribution is 2.18. The molecule has 0 spiro atoms. The van der Waals surface area contributed by atoms with Gasteiger partial charge in [-0.1, -0.05) is 24.1 Å². The zero-order chi connectivity index (χ0) is 13.3. The molecule has 1 amide bonds. The smallest absolute Gasteiger partial charge is 0.253 e. The number of likely N-dealkylation sites (tertiary alicyclic amines) is 1. The van der Waals surface area contributed by atoms with Crippen LogP contribution in [0.2, 0.25) is 0 Å². The van der Waals surface area contributed by atoms with Gasteiger partial charge in [-0.3, -0.25) is 4.79 Å². The second-order valence-electron chi connectivity index (χ2n) is 5.69. The van der Waals surface area contributed by atoms with E-state index in [1.54, 1.807) is 0 Å². The fourth-order valence-electron chi connectivity index (χ4n) is 2.85. The average Bonchev–Trinajstić information content (AvgIpc) is 2.25. The van der Waals surface area contributed by atoms with Crippen LogP contribution in [0.4, 0.5) is 0 Å². The van der Waals surface area contributed by atoms with E-state index in [1.165, 1.54) is 0 Å². The molecule has 0 aromatic heterocycles. The summed E-state index contributed by atoms with van der Waals surface area (Å²) in [5.41, 5.74) is 9.05. The minimum atomic E-state index is 0.114. The van der Waals surface area contributed by atoms with Gasteiger partial charge in [0, 0.05) is 24.7 Å². The first-order valence-corrected chi connectivity index (χ1v) is 6.59. The lowest BCUT2D eigenvalue weighted by molar-refractivity contribution is 0.0661. The molecule has 98 valence electrons. The standard InChI is InChI=1S/C15H22N2O/c1-10-4-11(2)6-13(5-10)15(18)17-8-12(3)7-14(16)9-17/h4-6,12,14H,7-9,16H2,1-3H3. The summed E-state index contributed by atoms with van der Waals surface area (Å²) in [5.74, 6) is 0.604. The van der Waals surface area contributed by atoms with Crippen LogP contribution in [0, 0.1) is 19.8 Å². The lowest BCUT2D eigenvalue weighted by atomic mass is 9.95. The van der Waals surface area contributed by atoms with Crippen LogP contribution in [0.3, 0.4) is 0 Å². The summed E-state index contributed by atoms with van der Waals surface area (Å²) in [5, 5.41) is 0. The minimum absolute atomic E-state index is 0.114. The van der Waals surface area contributed by atoms with Crippen molar-refractivity contribution in [2.75, 3.05) is 13.1 Å². The Morgan fingerprint density at radius 2 is 1.83 bits per heavy atom. The van der Waals surface area contributed by atoms with Crippen molar-refractivity contribution in [3.8, 4) is 0 Å². The number of hydrogen-bond donors (Lipinski definition) is 1. The summed E-state index contributed by atoms with van der Waals surface area (Å²) in [4.78, 5) is 14.4. The van der Waals surface area contributed by atoms with Gasteiger partial charge in [0.2, 0.25) is 0 Å². The van der Waals surface area contributed by atoms with Gasteiger partial charge in [0.1, 0.15) is 0 Å². The number of aryl methyl sites for hydroxylation is 2. The number of amides is 1. The largest absolute Gasteiger partial charge is 0.337 e. The number of nitrogens with zero attached hydrogens (tertiary/aromatic N) is 1. The minimum Gasteiger partial charge on any atom is -0.337 e. The summed E-state index contributed by atoms with van der Waals surface area (Å²) in [7, 11) is 0. The molecule has 18 heavy (non-hydrogen) atoms. The van der Waals surface area contributed by atoms with E-state index in [-0.39, 0.29) is 11.9 Å². The topological polar surface area (TPSA) is 46.3 Å². The predicted octanol–water partition coefficient (Wildman–Crippen LogP) is 2.11. The van der Waals surface area contributed by atoms with E-state index < -0.39 is 0 Å². The zero-order valence-electron chi connectivity index (χ0n) is 11.4. The maximum atomic E-state index is 12.5. The molecule has 0 radical (unpaired) electrons. The van der Waals surface area contributed by atoms with Crippen molar-refractivity contribution in [3.05, 3.63) is 34.9 Å². The maximum absolute atomic E-state index is 12.5. The molecule has 1 fully saturated rings. The van der Waals surface area contributed by atoms with Crippen molar-refractivity contribution in [1.29, 1.82) is 0 Å². The molecule has 1 aromatic carbocycles. The number of carbonyl (C=O) groups excluding carboxylic acids is 1. The summed E-state index contributed by atoms with van der Waals surface area (Å²) in [6, 6.07) is 6.12. The third-order valence-corrected chi connectivity index (χ3v) is 3.45. The van der Waals surface area contributed by atoms with E-state index >= 15 is 0 Å². The molecular formula is C15H22N2O. The Labute approximate surface area is 109 Å². The lowest BCUT2D eigenvalue weighted by Gasteiger charge is -2.35. The van der Waals surface area contributed by atoms with Crippen LogP contribution in [0.15, 0.2) is 18.2 Å². The van der Waals surface area contributed by atoms with Crippen LogP contribution in [0.1, 0.15) is 34.8 Å². The van der Waals surface area contributed by atoms with Crippen LogP contribution in [0.5, 0.6) is 0 Å². The fraction of sp³-hybridized carbons (Fsp3) is 0.533. The van der Waals surface area contributed by atoms with Crippen molar-refractivity contribution < 1.29 is 4.79 Å². The first-order chi connectivity index (χ1) is 8.45. The van der Waals surface area contributed by atoms with Gasteiger partial charge < -0.3 is 10.6 Å². The fourth-order valence-corrected chi connectivity index (χ4v) is 2.85. The van der Waals surface area contributed by atoms with Gasteiger partial charge in [-0.05, 0) is 38.3 Å².